The summed E-state index contributed by atoms with van der Waals surface area (Å²) >= 11 is 3.58. The summed E-state index contributed by atoms with van der Waals surface area (Å²) in [4.78, 5) is 0. The summed E-state index contributed by atoms with van der Waals surface area (Å²) in [7, 11) is 0. The second-order valence-corrected chi connectivity index (χ2v) is 4.62. The molecule has 0 unspecified atom stereocenters. The standard InChI is InChI=1S/C12H18BrN/c1-9-7-11(5-3-4-6-14)8-12(13)10(9)2/h7-8H,3-6,14H2,1-2H3. The molecule has 0 aliphatic heterocycles. The van der Waals surface area contributed by atoms with Gasteiger partial charge in [-0.15, -0.1) is 0 Å². The molecule has 0 heterocycles. The lowest BCUT2D eigenvalue weighted by atomic mass is 10.0. The fraction of sp³-hybridized carbons (Fsp3) is 0.500. The summed E-state index contributed by atoms with van der Waals surface area (Å²) in [5.41, 5.74) is 9.58. The van der Waals surface area contributed by atoms with E-state index in [-0.39, 0.29) is 0 Å². The van der Waals surface area contributed by atoms with Crippen molar-refractivity contribution in [3.63, 3.8) is 0 Å². The Labute approximate surface area is 94.8 Å². The molecule has 2 heteroatoms. The molecule has 0 fully saturated rings. The normalized spacial score (nSPS) is 10.6. The zero-order valence-electron chi connectivity index (χ0n) is 8.94. The van der Waals surface area contributed by atoms with E-state index in [2.05, 4.69) is 41.9 Å². The highest BCUT2D eigenvalue weighted by Gasteiger charge is 2.01. The van der Waals surface area contributed by atoms with E-state index >= 15 is 0 Å². The van der Waals surface area contributed by atoms with Gasteiger partial charge in [-0.3, -0.25) is 0 Å². The van der Waals surface area contributed by atoms with Gasteiger partial charge in [0.05, 0.1) is 0 Å². The molecule has 0 spiro atoms. The van der Waals surface area contributed by atoms with Crippen molar-refractivity contribution in [3.05, 3.63) is 33.3 Å². The van der Waals surface area contributed by atoms with Crippen molar-refractivity contribution in [3.8, 4) is 0 Å². The quantitative estimate of drug-likeness (QED) is 0.821. The van der Waals surface area contributed by atoms with E-state index in [1.54, 1.807) is 0 Å². The first kappa shape index (κ1) is 11.7. The molecule has 1 aromatic rings. The summed E-state index contributed by atoms with van der Waals surface area (Å²) in [6.45, 7) is 5.10. The van der Waals surface area contributed by atoms with Gasteiger partial charge in [0.25, 0.3) is 0 Å². The Balaban J connectivity index is 2.69. The molecule has 0 aromatic heterocycles. The van der Waals surface area contributed by atoms with Crippen LogP contribution < -0.4 is 5.73 Å². The molecule has 0 saturated carbocycles. The second kappa shape index (κ2) is 5.52. The topological polar surface area (TPSA) is 26.0 Å². The van der Waals surface area contributed by atoms with Crippen molar-refractivity contribution >= 4 is 15.9 Å². The molecule has 0 bridgehead atoms. The number of halogens is 1. The molecule has 14 heavy (non-hydrogen) atoms. The van der Waals surface area contributed by atoms with Gasteiger partial charge in [-0.05, 0) is 62.4 Å². The average Bonchev–Trinajstić information content (AvgIpc) is 2.14. The van der Waals surface area contributed by atoms with Crippen LogP contribution in [0.3, 0.4) is 0 Å². The predicted molar refractivity (Wildman–Crippen MR) is 65.6 cm³/mol. The van der Waals surface area contributed by atoms with Gasteiger partial charge in [0.2, 0.25) is 0 Å². The maximum Gasteiger partial charge on any atom is 0.0209 e. The van der Waals surface area contributed by atoms with Crippen LogP contribution in [0.5, 0.6) is 0 Å². The molecule has 0 amide bonds. The highest BCUT2D eigenvalue weighted by molar-refractivity contribution is 9.10. The van der Waals surface area contributed by atoms with E-state index in [0.29, 0.717) is 0 Å². The highest BCUT2D eigenvalue weighted by Crippen LogP contribution is 2.22. The number of rotatable bonds is 4. The number of aryl methyl sites for hydroxylation is 2. The van der Waals surface area contributed by atoms with E-state index < -0.39 is 0 Å². The third kappa shape index (κ3) is 3.10. The van der Waals surface area contributed by atoms with Crippen LogP contribution >= 0.6 is 15.9 Å². The van der Waals surface area contributed by atoms with Crippen molar-refractivity contribution < 1.29 is 0 Å². The average molecular weight is 256 g/mol. The highest BCUT2D eigenvalue weighted by atomic mass is 79.9. The molecule has 1 aromatic carbocycles. The third-order valence-corrected chi connectivity index (χ3v) is 3.41. The maximum absolute atomic E-state index is 5.47. The minimum Gasteiger partial charge on any atom is -0.330 e. The number of benzene rings is 1. The number of hydrogen-bond acceptors (Lipinski definition) is 1. The molecule has 1 nitrogen and oxygen atoms in total. The molecule has 1 rings (SSSR count). The van der Waals surface area contributed by atoms with Crippen LogP contribution in [0.4, 0.5) is 0 Å². The van der Waals surface area contributed by atoms with E-state index in [1.165, 1.54) is 27.6 Å². The summed E-state index contributed by atoms with van der Waals surface area (Å²) in [5.74, 6) is 0. The zero-order valence-corrected chi connectivity index (χ0v) is 10.5. The van der Waals surface area contributed by atoms with Gasteiger partial charge >= 0.3 is 0 Å². The Morgan fingerprint density at radius 1 is 1.21 bits per heavy atom. The summed E-state index contributed by atoms with van der Waals surface area (Å²) in [6.07, 6.45) is 3.44. The van der Waals surface area contributed by atoms with E-state index in [9.17, 15) is 0 Å². The van der Waals surface area contributed by atoms with Crippen LogP contribution in [0.2, 0.25) is 0 Å². The summed E-state index contributed by atoms with van der Waals surface area (Å²) in [6, 6.07) is 4.50. The van der Waals surface area contributed by atoms with E-state index in [0.717, 1.165) is 19.4 Å². The lowest BCUT2D eigenvalue weighted by molar-refractivity contribution is 0.744. The third-order valence-electron chi connectivity index (χ3n) is 2.58. The van der Waals surface area contributed by atoms with Crippen LogP contribution in [-0.2, 0) is 6.42 Å². The smallest absolute Gasteiger partial charge is 0.0209 e. The number of hydrogen-bond donors (Lipinski definition) is 1. The largest absolute Gasteiger partial charge is 0.330 e. The van der Waals surface area contributed by atoms with Crippen LogP contribution in [0.25, 0.3) is 0 Å². The zero-order chi connectivity index (χ0) is 10.6. The Morgan fingerprint density at radius 2 is 1.93 bits per heavy atom. The minimum atomic E-state index is 0.798. The number of nitrogens with two attached hydrogens (primary N) is 1. The van der Waals surface area contributed by atoms with Crippen molar-refractivity contribution in [2.45, 2.75) is 33.1 Å². The van der Waals surface area contributed by atoms with Crippen molar-refractivity contribution in [1.29, 1.82) is 0 Å². The monoisotopic (exact) mass is 255 g/mol. The van der Waals surface area contributed by atoms with Gasteiger partial charge in [0, 0.05) is 4.47 Å². The van der Waals surface area contributed by atoms with Crippen LogP contribution in [-0.4, -0.2) is 6.54 Å². The van der Waals surface area contributed by atoms with Gasteiger partial charge < -0.3 is 5.73 Å². The Kier molecular flexibility index (Phi) is 4.63. The molecule has 0 atom stereocenters. The lowest BCUT2D eigenvalue weighted by Gasteiger charge is -2.07. The molecule has 0 saturated heterocycles. The molecular weight excluding hydrogens is 238 g/mol. The fourth-order valence-electron chi connectivity index (χ4n) is 1.51. The van der Waals surface area contributed by atoms with Gasteiger partial charge in [0.15, 0.2) is 0 Å². The molecule has 78 valence electrons. The van der Waals surface area contributed by atoms with Crippen molar-refractivity contribution in [1.82, 2.24) is 0 Å². The molecular formula is C12H18BrN. The molecule has 0 radical (unpaired) electrons. The Morgan fingerprint density at radius 3 is 2.50 bits per heavy atom. The molecule has 0 aliphatic rings. The van der Waals surface area contributed by atoms with Gasteiger partial charge in [-0.2, -0.15) is 0 Å². The molecule has 2 N–H and O–H groups in total. The van der Waals surface area contributed by atoms with Crippen molar-refractivity contribution in [2.24, 2.45) is 5.73 Å². The minimum absolute atomic E-state index is 0.798. The van der Waals surface area contributed by atoms with Gasteiger partial charge in [0.1, 0.15) is 0 Å². The molecule has 0 aliphatic carbocycles. The predicted octanol–water partition coefficient (Wildman–Crippen LogP) is 3.35. The van der Waals surface area contributed by atoms with Crippen LogP contribution in [0.1, 0.15) is 29.5 Å². The van der Waals surface area contributed by atoms with Crippen LogP contribution in [0.15, 0.2) is 16.6 Å². The first-order valence-electron chi connectivity index (χ1n) is 5.11. The summed E-state index contributed by atoms with van der Waals surface area (Å²) < 4.78 is 1.22. The van der Waals surface area contributed by atoms with E-state index in [1.807, 2.05) is 0 Å². The summed E-state index contributed by atoms with van der Waals surface area (Å²) in [5, 5.41) is 0. The number of unbranched alkanes of at least 4 members (excludes halogenated alkanes) is 1. The van der Waals surface area contributed by atoms with Gasteiger partial charge in [-0.1, -0.05) is 22.0 Å². The fourth-order valence-corrected chi connectivity index (χ4v) is 2.11. The Hall–Kier alpha value is -0.340. The van der Waals surface area contributed by atoms with Gasteiger partial charge in [-0.25, -0.2) is 0 Å². The first-order chi connectivity index (χ1) is 6.65. The van der Waals surface area contributed by atoms with E-state index in [4.69, 9.17) is 5.73 Å². The first-order valence-corrected chi connectivity index (χ1v) is 5.90. The second-order valence-electron chi connectivity index (χ2n) is 3.77. The maximum atomic E-state index is 5.47. The SMILES string of the molecule is Cc1cc(CCCCN)cc(Br)c1C. The lowest BCUT2D eigenvalue weighted by Crippen LogP contribution is -1.99. The Bertz CT molecular complexity index is 284. The van der Waals surface area contributed by atoms with Crippen LogP contribution in [0, 0.1) is 13.8 Å². The van der Waals surface area contributed by atoms with Crippen molar-refractivity contribution in [2.75, 3.05) is 6.54 Å².